The smallest absolute Gasteiger partial charge is 0.251 e. The van der Waals surface area contributed by atoms with Crippen LogP contribution in [-0.2, 0) is 0 Å². The molecule has 0 spiro atoms. The van der Waals surface area contributed by atoms with Gasteiger partial charge in [-0.25, -0.2) is 4.39 Å². The minimum Gasteiger partial charge on any atom is -0.452 e. The largest absolute Gasteiger partial charge is 0.452 e. The molecule has 0 fully saturated rings. The van der Waals surface area contributed by atoms with Gasteiger partial charge in [-0.1, -0.05) is 5.16 Å². The zero-order chi connectivity index (χ0) is 17.1. The second-order valence-corrected chi connectivity index (χ2v) is 5.12. The van der Waals surface area contributed by atoms with Gasteiger partial charge in [0.15, 0.2) is 0 Å². The number of aliphatic hydroxyl groups excluding tert-OH is 1. The Labute approximate surface area is 140 Å². The van der Waals surface area contributed by atoms with Gasteiger partial charge < -0.3 is 19.4 Å². The van der Waals surface area contributed by atoms with Crippen molar-refractivity contribution in [1.82, 2.24) is 15.5 Å². The second-order valence-electron chi connectivity index (χ2n) is 4.78. The Morgan fingerprint density at radius 1 is 1.33 bits per heavy atom. The molecule has 0 aliphatic rings. The molecule has 1 atom stereocenters. The van der Waals surface area contributed by atoms with E-state index in [0.29, 0.717) is 5.56 Å². The van der Waals surface area contributed by atoms with E-state index in [0.717, 1.165) is 12.1 Å². The van der Waals surface area contributed by atoms with Crippen molar-refractivity contribution >= 4 is 17.5 Å². The highest BCUT2D eigenvalue weighted by Gasteiger charge is 2.23. The standard InChI is InChI=1S/C15H11ClFN3O4/c16-12-10(5-6-23-12)13-19-15(24-20-13)11(7-21)18-14(22)8-1-3-9(17)4-2-8/h1-6,11,21H,7H2,(H,18,22)/t11-/m0/s1. The minimum absolute atomic E-state index is 0.000211. The summed E-state index contributed by atoms with van der Waals surface area (Å²) in [6.07, 6.45) is 1.37. The van der Waals surface area contributed by atoms with Gasteiger partial charge in [0.1, 0.15) is 11.9 Å². The molecule has 0 aliphatic carbocycles. The third-order valence-corrected chi connectivity index (χ3v) is 3.49. The van der Waals surface area contributed by atoms with Crippen molar-refractivity contribution in [3.05, 3.63) is 59.1 Å². The first-order valence-corrected chi connectivity index (χ1v) is 7.20. The number of carbonyl (C=O) groups is 1. The highest BCUT2D eigenvalue weighted by Crippen LogP contribution is 2.27. The maximum atomic E-state index is 12.9. The zero-order valence-corrected chi connectivity index (χ0v) is 12.8. The molecule has 3 aromatic rings. The van der Waals surface area contributed by atoms with Crippen molar-refractivity contribution in [2.24, 2.45) is 0 Å². The van der Waals surface area contributed by atoms with Crippen LogP contribution in [0.25, 0.3) is 11.4 Å². The van der Waals surface area contributed by atoms with Crippen LogP contribution >= 0.6 is 11.6 Å². The molecule has 0 aliphatic heterocycles. The molecule has 124 valence electrons. The first kappa shape index (κ1) is 16.2. The topological polar surface area (TPSA) is 101 Å². The fraction of sp³-hybridized carbons (Fsp3) is 0.133. The predicted octanol–water partition coefficient (Wildman–Crippen LogP) is 2.59. The molecule has 2 aromatic heterocycles. The summed E-state index contributed by atoms with van der Waals surface area (Å²) in [5.41, 5.74) is 0.653. The van der Waals surface area contributed by atoms with Crippen LogP contribution in [0.4, 0.5) is 4.39 Å². The lowest BCUT2D eigenvalue weighted by Crippen LogP contribution is -2.31. The average Bonchev–Trinajstić information content (AvgIpc) is 3.21. The molecule has 7 nitrogen and oxygen atoms in total. The van der Waals surface area contributed by atoms with Gasteiger partial charge in [0, 0.05) is 5.56 Å². The van der Waals surface area contributed by atoms with E-state index in [4.69, 9.17) is 20.5 Å². The Bertz CT molecular complexity index is 847. The Balaban J connectivity index is 1.77. The Kier molecular flexibility index (Phi) is 4.59. The number of rotatable bonds is 5. The fourth-order valence-corrected chi connectivity index (χ4v) is 2.17. The number of halogens is 2. The number of carbonyl (C=O) groups excluding carboxylic acids is 1. The van der Waals surface area contributed by atoms with E-state index >= 15 is 0 Å². The molecule has 2 N–H and O–H groups in total. The van der Waals surface area contributed by atoms with Gasteiger partial charge >= 0.3 is 0 Å². The zero-order valence-electron chi connectivity index (χ0n) is 12.1. The normalized spacial score (nSPS) is 12.1. The molecular formula is C15H11ClFN3O4. The van der Waals surface area contributed by atoms with E-state index in [-0.39, 0.29) is 22.5 Å². The maximum absolute atomic E-state index is 12.9. The van der Waals surface area contributed by atoms with E-state index in [9.17, 15) is 14.3 Å². The van der Waals surface area contributed by atoms with Gasteiger partial charge in [-0.05, 0) is 41.9 Å². The number of benzene rings is 1. The summed E-state index contributed by atoms with van der Waals surface area (Å²) in [6, 6.07) is 5.60. The van der Waals surface area contributed by atoms with Crippen LogP contribution in [0, 0.1) is 5.82 Å². The maximum Gasteiger partial charge on any atom is 0.251 e. The number of aliphatic hydroxyl groups is 1. The number of hydrogen-bond acceptors (Lipinski definition) is 6. The molecule has 1 aromatic carbocycles. The van der Waals surface area contributed by atoms with Crippen molar-refractivity contribution in [1.29, 1.82) is 0 Å². The van der Waals surface area contributed by atoms with Gasteiger partial charge in [0.05, 0.1) is 18.4 Å². The molecule has 0 radical (unpaired) electrons. The van der Waals surface area contributed by atoms with Crippen molar-refractivity contribution in [2.75, 3.05) is 6.61 Å². The fourth-order valence-electron chi connectivity index (χ4n) is 1.97. The third-order valence-electron chi connectivity index (χ3n) is 3.19. The number of hydrogen-bond donors (Lipinski definition) is 2. The first-order chi connectivity index (χ1) is 11.6. The van der Waals surface area contributed by atoms with Crippen LogP contribution < -0.4 is 5.32 Å². The number of aromatic nitrogens is 2. The summed E-state index contributed by atoms with van der Waals surface area (Å²) in [7, 11) is 0. The molecule has 0 unspecified atom stereocenters. The molecule has 0 saturated carbocycles. The Hall–Kier alpha value is -2.71. The quantitative estimate of drug-likeness (QED) is 0.732. The summed E-state index contributed by atoms with van der Waals surface area (Å²) in [5.74, 6) is -0.808. The molecule has 0 saturated heterocycles. The molecule has 2 heterocycles. The van der Waals surface area contributed by atoms with Gasteiger partial charge in [-0.3, -0.25) is 4.79 Å². The van der Waals surface area contributed by atoms with E-state index in [2.05, 4.69) is 15.5 Å². The Morgan fingerprint density at radius 3 is 2.71 bits per heavy atom. The highest BCUT2D eigenvalue weighted by molar-refractivity contribution is 6.31. The predicted molar refractivity (Wildman–Crippen MR) is 80.7 cm³/mol. The Morgan fingerprint density at radius 2 is 2.08 bits per heavy atom. The van der Waals surface area contributed by atoms with E-state index in [1.165, 1.54) is 18.4 Å². The number of furan rings is 1. The minimum atomic E-state index is -0.922. The van der Waals surface area contributed by atoms with Crippen LogP contribution in [0.3, 0.4) is 0 Å². The highest BCUT2D eigenvalue weighted by atomic mass is 35.5. The summed E-state index contributed by atoms with van der Waals surface area (Å²) >= 11 is 5.84. The molecule has 24 heavy (non-hydrogen) atoms. The van der Waals surface area contributed by atoms with Crippen LogP contribution in [-0.4, -0.2) is 27.8 Å². The lowest BCUT2D eigenvalue weighted by atomic mass is 10.2. The summed E-state index contributed by atoms with van der Waals surface area (Å²) in [5, 5.41) is 15.8. The van der Waals surface area contributed by atoms with Gasteiger partial charge in [0.2, 0.25) is 11.0 Å². The number of nitrogens with zero attached hydrogens (tertiary/aromatic N) is 2. The van der Waals surface area contributed by atoms with Crippen LogP contribution in [0.15, 0.2) is 45.5 Å². The first-order valence-electron chi connectivity index (χ1n) is 6.82. The monoisotopic (exact) mass is 351 g/mol. The summed E-state index contributed by atoms with van der Waals surface area (Å²) < 4.78 is 22.9. The lowest BCUT2D eigenvalue weighted by molar-refractivity contribution is 0.0901. The van der Waals surface area contributed by atoms with Crippen molar-refractivity contribution in [2.45, 2.75) is 6.04 Å². The lowest BCUT2D eigenvalue weighted by Gasteiger charge is -2.12. The van der Waals surface area contributed by atoms with Gasteiger partial charge in [-0.15, -0.1) is 0 Å². The van der Waals surface area contributed by atoms with Crippen molar-refractivity contribution in [3.8, 4) is 11.4 Å². The molecular weight excluding hydrogens is 341 g/mol. The van der Waals surface area contributed by atoms with Crippen molar-refractivity contribution < 1.29 is 23.2 Å². The third kappa shape index (κ3) is 3.29. The molecule has 0 bridgehead atoms. The molecule has 1 amide bonds. The van der Waals surface area contributed by atoms with Gasteiger partial charge in [-0.2, -0.15) is 4.98 Å². The van der Waals surface area contributed by atoms with Crippen molar-refractivity contribution in [3.63, 3.8) is 0 Å². The van der Waals surface area contributed by atoms with E-state index in [1.54, 1.807) is 6.07 Å². The van der Waals surface area contributed by atoms with Crippen LogP contribution in [0.5, 0.6) is 0 Å². The van der Waals surface area contributed by atoms with E-state index < -0.39 is 24.4 Å². The molecule has 9 heteroatoms. The number of nitrogens with one attached hydrogen (secondary N) is 1. The average molecular weight is 352 g/mol. The SMILES string of the molecule is O=C(N[C@@H](CO)c1nc(-c2ccoc2Cl)no1)c1ccc(F)cc1. The van der Waals surface area contributed by atoms with Crippen LogP contribution in [0.1, 0.15) is 22.3 Å². The van der Waals surface area contributed by atoms with Crippen LogP contribution in [0.2, 0.25) is 5.22 Å². The molecule has 3 rings (SSSR count). The summed E-state index contributed by atoms with van der Waals surface area (Å²) in [6.45, 7) is -0.465. The van der Waals surface area contributed by atoms with Gasteiger partial charge in [0.25, 0.3) is 11.8 Å². The number of amides is 1. The summed E-state index contributed by atoms with van der Waals surface area (Å²) in [4.78, 5) is 16.2. The second kappa shape index (κ2) is 6.81. The van der Waals surface area contributed by atoms with E-state index in [1.807, 2.05) is 0 Å².